The van der Waals surface area contributed by atoms with Crippen LogP contribution in [0.3, 0.4) is 0 Å². The number of carbonyl (C=O) groups is 1. The predicted octanol–water partition coefficient (Wildman–Crippen LogP) is 3.02. The third kappa shape index (κ3) is 3.55. The minimum Gasteiger partial charge on any atom is -0.340 e. The van der Waals surface area contributed by atoms with Gasteiger partial charge in [0.1, 0.15) is 0 Å². The summed E-state index contributed by atoms with van der Waals surface area (Å²) < 4.78 is 1.96. The molecule has 4 heteroatoms. The van der Waals surface area contributed by atoms with E-state index in [9.17, 15) is 4.79 Å². The summed E-state index contributed by atoms with van der Waals surface area (Å²) in [7, 11) is 0. The molecular formula is C17H27N3O. The molecule has 1 saturated heterocycles. The van der Waals surface area contributed by atoms with E-state index in [0.717, 1.165) is 43.7 Å². The Morgan fingerprint density at radius 2 is 2.19 bits per heavy atom. The summed E-state index contributed by atoms with van der Waals surface area (Å²) in [5, 5.41) is 4.53. The lowest BCUT2D eigenvalue weighted by Gasteiger charge is -2.33. The second kappa shape index (κ2) is 6.92. The van der Waals surface area contributed by atoms with Crippen LogP contribution >= 0.6 is 0 Å². The van der Waals surface area contributed by atoms with Crippen molar-refractivity contribution in [1.82, 2.24) is 14.7 Å². The molecule has 0 N–H and O–H groups in total. The van der Waals surface area contributed by atoms with Gasteiger partial charge in [0.25, 0.3) is 0 Å². The highest BCUT2D eigenvalue weighted by Gasteiger charge is 2.23. The fourth-order valence-corrected chi connectivity index (χ4v) is 3.24. The second-order valence-electron chi connectivity index (χ2n) is 6.05. The molecule has 1 atom stereocenters. The van der Waals surface area contributed by atoms with Gasteiger partial charge in [-0.2, -0.15) is 5.10 Å². The van der Waals surface area contributed by atoms with Gasteiger partial charge in [0.2, 0.25) is 5.91 Å². The molecule has 0 bridgehead atoms. The van der Waals surface area contributed by atoms with E-state index in [4.69, 9.17) is 0 Å². The molecule has 1 aliphatic heterocycles. The predicted molar refractivity (Wildman–Crippen MR) is 85.2 cm³/mol. The van der Waals surface area contributed by atoms with Crippen LogP contribution in [-0.4, -0.2) is 33.2 Å². The van der Waals surface area contributed by atoms with Crippen molar-refractivity contribution in [2.45, 2.75) is 65.5 Å². The van der Waals surface area contributed by atoms with Gasteiger partial charge in [0.05, 0.1) is 12.2 Å². The highest BCUT2D eigenvalue weighted by atomic mass is 16.2. The summed E-state index contributed by atoms with van der Waals surface area (Å²) >= 11 is 0. The van der Waals surface area contributed by atoms with Crippen LogP contribution < -0.4 is 0 Å². The molecule has 0 spiro atoms. The maximum Gasteiger partial charge on any atom is 0.223 e. The van der Waals surface area contributed by atoms with Crippen molar-refractivity contribution in [3.8, 4) is 0 Å². The highest BCUT2D eigenvalue weighted by molar-refractivity contribution is 5.77. The molecule has 1 amide bonds. The van der Waals surface area contributed by atoms with Gasteiger partial charge in [-0.3, -0.25) is 9.48 Å². The Kier molecular flexibility index (Phi) is 5.21. The standard InChI is InChI=1S/C17H27N3O/c1-5-11-20-15(4)16(14(3)18-20)9-10-17(21)19-12-7-6-8-13(19)2/h5,13H,1,6-12H2,2-4H3. The molecule has 1 unspecified atom stereocenters. The first kappa shape index (κ1) is 15.8. The first-order valence-electron chi connectivity index (χ1n) is 7.97. The largest absolute Gasteiger partial charge is 0.340 e. The lowest BCUT2D eigenvalue weighted by Crippen LogP contribution is -2.42. The van der Waals surface area contributed by atoms with E-state index in [2.05, 4.69) is 30.4 Å². The monoisotopic (exact) mass is 289 g/mol. The number of rotatable bonds is 5. The van der Waals surface area contributed by atoms with Crippen molar-refractivity contribution in [1.29, 1.82) is 0 Å². The SMILES string of the molecule is C=CCn1nc(C)c(CCC(=O)N2CCCCC2C)c1C. The lowest BCUT2D eigenvalue weighted by molar-refractivity contribution is -0.134. The molecule has 2 heterocycles. The zero-order valence-electron chi connectivity index (χ0n) is 13.6. The average molecular weight is 289 g/mol. The van der Waals surface area contributed by atoms with Gasteiger partial charge >= 0.3 is 0 Å². The highest BCUT2D eigenvalue weighted by Crippen LogP contribution is 2.20. The maximum atomic E-state index is 12.4. The second-order valence-corrected chi connectivity index (χ2v) is 6.05. The van der Waals surface area contributed by atoms with Crippen molar-refractivity contribution in [3.05, 3.63) is 29.6 Å². The Hall–Kier alpha value is -1.58. The molecule has 0 aliphatic carbocycles. The van der Waals surface area contributed by atoms with Gasteiger partial charge in [-0.05, 0) is 52.0 Å². The number of piperidine rings is 1. The van der Waals surface area contributed by atoms with Crippen LogP contribution in [0.25, 0.3) is 0 Å². The first-order chi connectivity index (χ1) is 10.0. The van der Waals surface area contributed by atoms with Gasteiger partial charge in [0, 0.05) is 24.7 Å². The molecule has 2 rings (SSSR count). The van der Waals surface area contributed by atoms with Crippen molar-refractivity contribution in [2.24, 2.45) is 0 Å². The van der Waals surface area contributed by atoms with Crippen LogP contribution in [0.15, 0.2) is 12.7 Å². The van der Waals surface area contributed by atoms with Crippen molar-refractivity contribution >= 4 is 5.91 Å². The normalized spacial score (nSPS) is 18.8. The Bertz CT molecular complexity index is 518. The quantitative estimate of drug-likeness (QED) is 0.782. The topological polar surface area (TPSA) is 38.1 Å². The minimum absolute atomic E-state index is 0.289. The smallest absolute Gasteiger partial charge is 0.223 e. The maximum absolute atomic E-state index is 12.4. The van der Waals surface area contributed by atoms with E-state index in [1.807, 2.05) is 17.7 Å². The van der Waals surface area contributed by atoms with E-state index < -0.39 is 0 Å². The van der Waals surface area contributed by atoms with Gasteiger partial charge in [-0.1, -0.05) is 6.08 Å². The number of hydrogen-bond acceptors (Lipinski definition) is 2. The molecule has 0 aromatic carbocycles. The Balaban J connectivity index is 1.99. The number of aryl methyl sites for hydroxylation is 1. The third-order valence-electron chi connectivity index (χ3n) is 4.55. The van der Waals surface area contributed by atoms with E-state index in [1.54, 1.807) is 0 Å². The molecule has 1 aromatic heterocycles. The first-order valence-corrected chi connectivity index (χ1v) is 7.97. The van der Waals surface area contributed by atoms with E-state index in [1.165, 1.54) is 12.0 Å². The zero-order chi connectivity index (χ0) is 15.4. The average Bonchev–Trinajstić information content (AvgIpc) is 2.72. The summed E-state index contributed by atoms with van der Waals surface area (Å²) in [6.07, 6.45) is 6.76. The molecule has 1 aliphatic rings. The van der Waals surface area contributed by atoms with Crippen LogP contribution in [0.1, 0.15) is 49.6 Å². The Morgan fingerprint density at radius 1 is 1.43 bits per heavy atom. The Morgan fingerprint density at radius 3 is 2.86 bits per heavy atom. The van der Waals surface area contributed by atoms with E-state index in [0.29, 0.717) is 12.5 Å². The Labute approximate surface area is 127 Å². The lowest BCUT2D eigenvalue weighted by atomic mass is 10.0. The number of allylic oxidation sites excluding steroid dienone is 1. The summed E-state index contributed by atoms with van der Waals surface area (Å²) in [6, 6.07) is 0.400. The van der Waals surface area contributed by atoms with Crippen LogP contribution in [0.4, 0.5) is 0 Å². The molecule has 21 heavy (non-hydrogen) atoms. The molecule has 0 radical (unpaired) electrons. The fraction of sp³-hybridized carbons (Fsp3) is 0.647. The molecule has 4 nitrogen and oxygen atoms in total. The molecule has 0 saturated carbocycles. The number of amides is 1. The summed E-state index contributed by atoms with van der Waals surface area (Å²) in [6.45, 7) is 11.7. The third-order valence-corrected chi connectivity index (χ3v) is 4.55. The van der Waals surface area contributed by atoms with Gasteiger partial charge in [0.15, 0.2) is 0 Å². The van der Waals surface area contributed by atoms with E-state index >= 15 is 0 Å². The molecule has 1 aromatic rings. The zero-order valence-corrected chi connectivity index (χ0v) is 13.6. The summed E-state index contributed by atoms with van der Waals surface area (Å²) in [5.41, 5.74) is 3.41. The van der Waals surface area contributed by atoms with Gasteiger partial charge in [-0.25, -0.2) is 0 Å². The molecule has 1 fully saturated rings. The van der Waals surface area contributed by atoms with Crippen LogP contribution in [-0.2, 0) is 17.8 Å². The van der Waals surface area contributed by atoms with E-state index in [-0.39, 0.29) is 5.91 Å². The summed E-state index contributed by atoms with van der Waals surface area (Å²) in [4.78, 5) is 14.5. The number of nitrogens with zero attached hydrogens (tertiary/aromatic N) is 3. The van der Waals surface area contributed by atoms with Gasteiger partial charge in [-0.15, -0.1) is 6.58 Å². The fourth-order valence-electron chi connectivity index (χ4n) is 3.24. The van der Waals surface area contributed by atoms with Crippen molar-refractivity contribution in [3.63, 3.8) is 0 Å². The number of carbonyl (C=O) groups excluding carboxylic acids is 1. The van der Waals surface area contributed by atoms with Gasteiger partial charge < -0.3 is 4.90 Å². The van der Waals surface area contributed by atoms with Crippen molar-refractivity contribution < 1.29 is 4.79 Å². The number of hydrogen-bond donors (Lipinski definition) is 0. The van der Waals surface area contributed by atoms with Crippen molar-refractivity contribution in [2.75, 3.05) is 6.54 Å². The minimum atomic E-state index is 0.289. The summed E-state index contributed by atoms with van der Waals surface area (Å²) in [5.74, 6) is 0.289. The van der Waals surface area contributed by atoms with Crippen LogP contribution in [0.5, 0.6) is 0 Å². The van der Waals surface area contributed by atoms with Crippen LogP contribution in [0, 0.1) is 13.8 Å². The molecular weight excluding hydrogens is 262 g/mol. The number of aromatic nitrogens is 2. The number of likely N-dealkylation sites (tertiary alicyclic amines) is 1. The van der Waals surface area contributed by atoms with Crippen LogP contribution in [0.2, 0.25) is 0 Å². The molecule has 116 valence electrons.